The van der Waals surface area contributed by atoms with Crippen LogP contribution in [0.1, 0.15) is 16.7 Å². The number of quaternary nitrogens is 1. The van der Waals surface area contributed by atoms with Gasteiger partial charge >= 0.3 is 12.0 Å². The van der Waals surface area contributed by atoms with Crippen LogP contribution in [-0.4, -0.2) is 45.3 Å². The van der Waals surface area contributed by atoms with Crippen LogP contribution in [-0.2, 0) is 16.6 Å². The molecule has 1 aliphatic heterocycles. The molecule has 0 unspecified atom stereocenters. The maximum Gasteiger partial charge on any atom is 0.573 e. The van der Waals surface area contributed by atoms with Crippen LogP contribution >= 0.6 is 0 Å². The van der Waals surface area contributed by atoms with E-state index in [4.69, 9.17) is 4.42 Å². The number of aryl methyl sites for hydroxylation is 2. The summed E-state index contributed by atoms with van der Waals surface area (Å²) in [6.07, 6.45) is -4.85. The van der Waals surface area contributed by atoms with E-state index in [1.165, 1.54) is 10.4 Å². The third kappa shape index (κ3) is 5.11. The Hall–Kier alpha value is -2.89. The van der Waals surface area contributed by atoms with Gasteiger partial charge in [0.2, 0.25) is 10.0 Å². The Labute approximate surface area is 194 Å². The van der Waals surface area contributed by atoms with Gasteiger partial charge in [0.05, 0.1) is 31.1 Å². The average Bonchev–Trinajstić information content (AvgIpc) is 2.76. The molecule has 0 bridgehead atoms. The minimum Gasteiger partial charge on any atom is -0.422 e. The summed E-state index contributed by atoms with van der Waals surface area (Å²) < 4.78 is 73.4. The quantitative estimate of drug-likeness (QED) is 0.548. The lowest BCUT2D eigenvalue weighted by molar-refractivity contribution is -0.917. The first-order valence-electron chi connectivity index (χ1n) is 10.7. The fourth-order valence-electron chi connectivity index (χ4n) is 4.12. The van der Waals surface area contributed by atoms with Gasteiger partial charge in [-0.15, -0.1) is 13.2 Å². The molecule has 7 nitrogen and oxygen atoms in total. The maximum absolute atomic E-state index is 12.9. The Morgan fingerprint density at radius 2 is 1.71 bits per heavy atom. The van der Waals surface area contributed by atoms with Gasteiger partial charge in [0.15, 0.2) is 0 Å². The zero-order valence-electron chi connectivity index (χ0n) is 18.6. The van der Waals surface area contributed by atoms with E-state index in [9.17, 15) is 26.4 Å². The molecule has 3 aromatic rings. The topological polar surface area (TPSA) is 81.3 Å². The number of halogens is 3. The lowest BCUT2D eigenvalue weighted by atomic mass is 10.0. The van der Waals surface area contributed by atoms with Gasteiger partial charge in [0, 0.05) is 17.0 Å². The number of nitrogens with zero attached hydrogens (tertiary/aromatic N) is 1. The van der Waals surface area contributed by atoms with E-state index in [2.05, 4.69) is 4.74 Å². The summed E-state index contributed by atoms with van der Waals surface area (Å²) in [5.41, 5.74) is 2.93. The predicted octanol–water partition coefficient (Wildman–Crippen LogP) is 2.40. The molecule has 0 spiro atoms. The van der Waals surface area contributed by atoms with E-state index in [1.54, 1.807) is 0 Å². The predicted molar refractivity (Wildman–Crippen MR) is 118 cm³/mol. The van der Waals surface area contributed by atoms with E-state index in [1.807, 2.05) is 26.0 Å². The molecule has 1 fully saturated rings. The van der Waals surface area contributed by atoms with Crippen molar-refractivity contribution in [2.75, 3.05) is 26.2 Å². The highest BCUT2D eigenvalue weighted by molar-refractivity contribution is 7.89. The van der Waals surface area contributed by atoms with E-state index < -0.39 is 27.8 Å². The van der Waals surface area contributed by atoms with Crippen molar-refractivity contribution in [3.8, 4) is 5.75 Å². The molecular weight excluding hydrogens is 473 g/mol. The number of fused-ring (bicyclic) bond motifs is 1. The van der Waals surface area contributed by atoms with Crippen LogP contribution in [0.5, 0.6) is 5.75 Å². The number of ether oxygens (including phenoxy) is 1. The fraction of sp³-hybridized carbons (Fsp3) is 0.348. The summed E-state index contributed by atoms with van der Waals surface area (Å²) in [6.45, 7) is 5.92. The highest BCUT2D eigenvalue weighted by Gasteiger charge is 2.33. The first kappa shape index (κ1) is 24.2. The molecular formula is C23H24F3N2O5S+. The second kappa shape index (κ2) is 9.05. The van der Waals surface area contributed by atoms with Crippen LogP contribution in [0.3, 0.4) is 0 Å². The van der Waals surface area contributed by atoms with E-state index >= 15 is 0 Å². The molecule has 1 saturated heterocycles. The van der Waals surface area contributed by atoms with E-state index in [-0.39, 0.29) is 18.0 Å². The maximum atomic E-state index is 12.9. The van der Waals surface area contributed by atoms with Crippen molar-refractivity contribution < 1.29 is 35.6 Å². The van der Waals surface area contributed by atoms with Crippen LogP contribution in [0.4, 0.5) is 13.2 Å². The number of hydrogen-bond donors (Lipinski definition) is 1. The summed E-state index contributed by atoms with van der Waals surface area (Å²) in [5.74, 6) is -0.481. The lowest BCUT2D eigenvalue weighted by Crippen LogP contribution is -3.13. The molecule has 2 heterocycles. The summed E-state index contributed by atoms with van der Waals surface area (Å²) >= 11 is 0. The van der Waals surface area contributed by atoms with Crippen molar-refractivity contribution in [3.63, 3.8) is 0 Å². The minimum absolute atomic E-state index is 0.0945. The average molecular weight is 498 g/mol. The number of piperazine rings is 1. The molecule has 1 aliphatic rings. The number of benzene rings is 2. The Bertz CT molecular complexity index is 1360. The molecule has 1 aromatic heterocycles. The Balaban J connectivity index is 1.45. The highest BCUT2D eigenvalue weighted by atomic mass is 32.2. The molecule has 0 radical (unpaired) electrons. The number of nitrogens with one attached hydrogen (secondary N) is 1. The monoisotopic (exact) mass is 497 g/mol. The standard InChI is InChI=1S/C23H23F3N2O5S/c1-15-3-8-20-17(13-21(29)32-22(20)16(15)2)14-27-9-11-28(12-10-27)34(30,31)19-6-4-18(5-7-19)33-23(24,25)26/h3-8,13H,9-12,14H2,1-2H3/p+1. The van der Waals surface area contributed by atoms with Crippen LogP contribution in [0.25, 0.3) is 11.0 Å². The fourth-order valence-corrected chi connectivity index (χ4v) is 5.56. The third-order valence-corrected chi connectivity index (χ3v) is 8.00. The van der Waals surface area contributed by atoms with Crippen LogP contribution in [0, 0.1) is 13.8 Å². The summed E-state index contributed by atoms with van der Waals surface area (Å²) in [5, 5.41) is 0.867. The molecule has 0 atom stereocenters. The first-order valence-corrected chi connectivity index (χ1v) is 12.1. The van der Waals surface area contributed by atoms with Crippen molar-refractivity contribution in [1.29, 1.82) is 0 Å². The number of sulfonamides is 1. The van der Waals surface area contributed by atoms with Crippen molar-refractivity contribution >= 4 is 21.0 Å². The van der Waals surface area contributed by atoms with Crippen molar-refractivity contribution in [2.45, 2.75) is 31.7 Å². The molecule has 0 aliphatic carbocycles. The Morgan fingerprint density at radius 1 is 1.06 bits per heavy atom. The molecule has 2 aromatic carbocycles. The van der Waals surface area contributed by atoms with Gasteiger partial charge in [-0.3, -0.25) is 0 Å². The number of hydrogen-bond acceptors (Lipinski definition) is 5. The van der Waals surface area contributed by atoms with Crippen molar-refractivity contribution in [1.82, 2.24) is 4.31 Å². The van der Waals surface area contributed by atoms with Crippen LogP contribution in [0.15, 0.2) is 56.6 Å². The third-order valence-electron chi connectivity index (χ3n) is 6.08. The Kier molecular flexibility index (Phi) is 6.45. The summed E-state index contributed by atoms with van der Waals surface area (Å²) in [7, 11) is -3.85. The largest absolute Gasteiger partial charge is 0.573 e. The van der Waals surface area contributed by atoms with Crippen molar-refractivity contribution in [2.24, 2.45) is 0 Å². The second-order valence-corrected chi connectivity index (χ2v) is 10.3. The van der Waals surface area contributed by atoms with Gasteiger partial charge in [0.1, 0.15) is 17.9 Å². The summed E-state index contributed by atoms with van der Waals surface area (Å²) in [4.78, 5) is 13.1. The summed E-state index contributed by atoms with van der Waals surface area (Å²) in [6, 6.07) is 9.58. The number of rotatable bonds is 5. The molecule has 34 heavy (non-hydrogen) atoms. The van der Waals surface area contributed by atoms with Gasteiger partial charge in [-0.2, -0.15) is 4.31 Å². The van der Waals surface area contributed by atoms with Gasteiger partial charge in [-0.25, -0.2) is 13.2 Å². The van der Waals surface area contributed by atoms with Crippen LogP contribution < -0.4 is 15.3 Å². The van der Waals surface area contributed by atoms with Gasteiger partial charge in [0.25, 0.3) is 0 Å². The Morgan fingerprint density at radius 3 is 2.32 bits per heavy atom. The van der Waals surface area contributed by atoms with Gasteiger partial charge in [-0.05, 0) is 49.2 Å². The van der Waals surface area contributed by atoms with Gasteiger partial charge in [-0.1, -0.05) is 12.1 Å². The molecule has 0 saturated carbocycles. The minimum atomic E-state index is -4.85. The first-order chi connectivity index (χ1) is 15.9. The molecule has 4 rings (SSSR count). The molecule has 182 valence electrons. The van der Waals surface area contributed by atoms with Crippen LogP contribution in [0.2, 0.25) is 0 Å². The molecule has 1 N–H and O–H groups in total. The molecule has 11 heteroatoms. The highest BCUT2D eigenvalue weighted by Crippen LogP contribution is 2.25. The lowest BCUT2D eigenvalue weighted by Gasteiger charge is -2.31. The van der Waals surface area contributed by atoms with Gasteiger partial charge < -0.3 is 14.1 Å². The zero-order chi connectivity index (χ0) is 24.7. The second-order valence-electron chi connectivity index (χ2n) is 8.32. The number of alkyl halides is 3. The smallest absolute Gasteiger partial charge is 0.422 e. The normalized spacial score (nSPS) is 16.1. The van der Waals surface area contributed by atoms with E-state index in [0.717, 1.165) is 51.2 Å². The molecule has 0 amide bonds. The van der Waals surface area contributed by atoms with Crippen molar-refractivity contribution in [3.05, 3.63) is 69.6 Å². The van der Waals surface area contributed by atoms with E-state index in [0.29, 0.717) is 25.2 Å². The zero-order valence-corrected chi connectivity index (χ0v) is 19.4. The SMILES string of the molecule is Cc1ccc2c(C[NH+]3CCN(S(=O)(=O)c4ccc(OC(F)(F)F)cc4)CC3)cc(=O)oc2c1C.